The first-order chi connectivity index (χ1) is 15.6. The smallest absolute Gasteiger partial charge is 0.229 e. The predicted molar refractivity (Wildman–Crippen MR) is 130 cm³/mol. The van der Waals surface area contributed by atoms with Crippen LogP contribution >= 0.6 is 0 Å². The van der Waals surface area contributed by atoms with Gasteiger partial charge in [-0.25, -0.2) is 0 Å². The Hall–Kier alpha value is -3.47. The molecule has 0 radical (unpaired) electrons. The van der Waals surface area contributed by atoms with Gasteiger partial charge in [-0.2, -0.15) is 0 Å². The van der Waals surface area contributed by atoms with Crippen LogP contribution in [-0.2, 0) is 11.2 Å². The van der Waals surface area contributed by atoms with E-state index in [4.69, 9.17) is 4.74 Å². The second-order valence-corrected chi connectivity index (χ2v) is 8.70. The number of amides is 1. The molecule has 5 heteroatoms. The first kappa shape index (κ1) is 20.4. The van der Waals surface area contributed by atoms with Gasteiger partial charge in [0.2, 0.25) is 5.91 Å². The van der Waals surface area contributed by atoms with Gasteiger partial charge < -0.3 is 19.9 Å². The molecule has 2 atom stereocenters. The highest BCUT2D eigenvalue weighted by Crippen LogP contribution is 2.39. The molecule has 0 bridgehead atoms. The molecule has 1 fully saturated rings. The maximum atomic E-state index is 13.5. The lowest BCUT2D eigenvalue weighted by molar-refractivity contribution is -0.120. The number of piperazine rings is 1. The maximum Gasteiger partial charge on any atom is 0.229 e. The maximum absolute atomic E-state index is 13.5. The fourth-order valence-corrected chi connectivity index (χ4v) is 4.95. The van der Waals surface area contributed by atoms with Gasteiger partial charge in [-0.1, -0.05) is 42.0 Å². The minimum Gasteiger partial charge on any atom is -0.497 e. The molecule has 5 nitrogen and oxygen atoms in total. The van der Waals surface area contributed by atoms with Gasteiger partial charge in [0.25, 0.3) is 0 Å². The van der Waals surface area contributed by atoms with Crippen LogP contribution in [0.3, 0.4) is 0 Å². The zero-order chi connectivity index (χ0) is 22.1. The molecule has 0 aromatic heterocycles. The van der Waals surface area contributed by atoms with E-state index in [1.807, 2.05) is 36.4 Å². The number of methoxy groups -OCH3 is 1. The molecule has 32 heavy (non-hydrogen) atoms. The number of nitrogens with zero attached hydrogens (tertiary/aromatic N) is 2. The zero-order valence-corrected chi connectivity index (χ0v) is 18.6. The number of fused-ring (bicyclic) bond motifs is 3. The molecule has 2 aliphatic rings. The number of hydrogen-bond donors (Lipinski definition) is 1. The van der Waals surface area contributed by atoms with Crippen molar-refractivity contribution in [2.24, 2.45) is 5.92 Å². The second kappa shape index (κ2) is 8.58. The summed E-state index contributed by atoms with van der Waals surface area (Å²) in [7, 11) is 1.70. The Kier molecular flexibility index (Phi) is 5.48. The molecule has 5 rings (SSSR count). The first-order valence-corrected chi connectivity index (χ1v) is 11.2. The van der Waals surface area contributed by atoms with Crippen molar-refractivity contribution in [1.29, 1.82) is 0 Å². The molecule has 0 aliphatic carbocycles. The molecule has 1 amide bonds. The Morgan fingerprint density at radius 1 is 1.00 bits per heavy atom. The van der Waals surface area contributed by atoms with Crippen LogP contribution in [0.25, 0.3) is 0 Å². The number of para-hydroxylation sites is 1. The van der Waals surface area contributed by atoms with Gasteiger partial charge in [-0.05, 0) is 49.2 Å². The van der Waals surface area contributed by atoms with Crippen molar-refractivity contribution >= 4 is 23.0 Å². The molecular formula is C27H29N3O2. The summed E-state index contributed by atoms with van der Waals surface area (Å²) >= 11 is 0. The van der Waals surface area contributed by atoms with Crippen molar-refractivity contribution in [3.8, 4) is 5.75 Å². The van der Waals surface area contributed by atoms with E-state index < -0.39 is 0 Å². The Morgan fingerprint density at radius 3 is 2.53 bits per heavy atom. The Balaban J connectivity index is 1.47. The van der Waals surface area contributed by atoms with Gasteiger partial charge in [0, 0.05) is 42.8 Å². The zero-order valence-electron chi connectivity index (χ0n) is 18.6. The van der Waals surface area contributed by atoms with Gasteiger partial charge in [0.15, 0.2) is 0 Å². The van der Waals surface area contributed by atoms with E-state index in [1.54, 1.807) is 7.11 Å². The van der Waals surface area contributed by atoms with Crippen LogP contribution in [0.15, 0.2) is 72.8 Å². The van der Waals surface area contributed by atoms with E-state index in [0.29, 0.717) is 0 Å². The fraction of sp³-hybridized carbons (Fsp3) is 0.296. The van der Waals surface area contributed by atoms with Gasteiger partial charge in [-0.3, -0.25) is 4.79 Å². The molecule has 0 saturated carbocycles. The lowest BCUT2D eigenvalue weighted by Crippen LogP contribution is -2.60. The second-order valence-electron chi connectivity index (χ2n) is 8.70. The number of benzene rings is 3. The summed E-state index contributed by atoms with van der Waals surface area (Å²) in [6.45, 7) is 4.71. The summed E-state index contributed by atoms with van der Waals surface area (Å²) in [5, 5.41) is 3.15. The molecule has 164 valence electrons. The summed E-state index contributed by atoms with van der Waals surface area (Å²) < 4.78 is 5.50. The van der Waals surface area contributed by atoms with Crippen LogP contribution in [0.4, 0.5) is 17.1 Å². The summed E-state index contributed by atoms with van der Waals surface area (Å²) in [5.41, 5.74) is 5.72. The van der Waals surface area contributed by atoms with E-state index >= 15 is 0 Å². The fourth-order valence-electron chi connectivity index (χ4n) is 4.95. The third-order valence-electron chi connectivity index (χ3n) is 6.70. The van der Waals surface area contributed by atoms with Crippen molar-refractivity contribution in [2.45, 2.75) is 19.4 Å². The van der Waals surface area contributed by atoms with Gasteiger partial charge in [-0.15, -0.1) is 0 Å². The minimum atomic E-state index is -0.135. The quantitative estimate of drug-likeness (QED) is 0.665. The van der Waals surface area contributed by atoms with Gasteiger partial charge in [0.1, 0.15) is 5.75 Å². The van der Waals surface area contributed by atoms with E-state index in [1.165, 1.54) is 22.5 Å². The highest BCUT2D eigenvalue weighted by molar-refractivity contribution is 5.94. The molecular weight excluding hydrogens is 398 g/mol. The molecule has 3 aromatic rings. The lowest BCUT2D eigenvalue weighted by Gasteiger charge is -2.49. The first-order valence-electron chi connectivity index (χ1n) is 11.2. The third kappa shape index (κ3) is 3.91. The van der Waals surface area contributed by atoms with Crippen LogP contribution in [0.5, 0.6) is 5.75 Å². The number of carbonyl (C=O) groups is 1. The topological polar surface area (TPSA) is 44.8 Å². The Morgan fingerprint density at radius 2 is 1.78 bits per heavy atom. The van der Waals surface area contributed by atoms with Crippen molar-refractivity contribution in [3.63, 3.8) is 0 Å². The molecule has 1 saturated heterocycles. The van der Waals surface area contributed by atoms with Crippen LogP contribution in [-0.4, -0.2) is 38.7 Å². The monoisotopic (exact) mass is 427 g/mol. The van der Waals surface area contributed by atoms with Crippen molar-refractivity contribution in [2.75, 3.05) is 41.9 Å². The van der Waals surface area contributed by atoms with E-state index in [-0.39, 0.29) is 17.9 Å². The van der Waals surface area contributed by atoms with Gasteiger partial charge >= 0.3 is 0 Å². The van der Waals surface area contributed by atoms with E-state index in [2.05, 4.69) is 58.4 Å². The van der Waals surface area contributed by atoms with Crippen LogP contribution < -0.4 is 19.9 Å². The largest absolute Gasteiger partial charge is 0.497 e. The minimum absolute atomic E-state index is 0.0819. The standard InChI is InChI=1S/C27H29N3O2/c1-19-8-11-22(12-9-19)29-14-15-30-25-17-23(32-2)13-10-20(25)16-24(26(30)18-29)27(31)28-21-6-4-3-5-7-21/h3-13,17,24,26H,14-16,18H2,1-2H3,(H,28,31). The van der Waals surface area contributed by atoms with Crippen LogP contribution in [0, 0.1) is 12.8 Å². The predicted octanol–water partition coefficient (Wildman–Crippen LogP) is 4.51. The number of nitrogens with one attached hydrogen (secondary N) is 1. The highest BCUT2D eigenvalue weighted by atomic mass is 16.5. The summed E-state index contributed by atoms with van der Waals surface area (Å²) in [6.07, 6.45) is 0.723. The van der Waals surface area contributed by atoms with Gasteiger partial charge in [0.05, 0.1) is 19.1 Å². The highest BCUT2D eigenvalue weighted by Gasteiger charge is 2.41. The van der Waals surface area contributed by atoms with E-state index in [9.17, 15) is 4.79 Å². The molecule has 2 aliphatic heterocycles. The molecule has 3 aromatic carbocycles. The number of aryl methyl sites for hydroxylation is 1. The number of anilines is 3. The summed E-state index contributed by atoms with van der Waals surface area (Å²) in [5.74, 6) is 0.804. The Labute approximate surface area is 189 Å². The van der Waals surface area contributed by atoms with Crippen LogP contribution in [0.2, 0.25) is 0 Å². The Bertz CT molecular complexity index is 1100. The lowest BCUT2D eigenvalue weighted by atomic mass is 9.83. The van der Waals surface area contributed by atoms with Crippen LogP contribution in [0.1, 0.15) is 11.1 Å². The number of hydrogen-bond acceptors (Lipinski definition) is 4. The molecule has 0 spiro atoms. The van der Waals surface area contributed by atoms with Crippen molar-refractivity contribution in [3.05, 3.63) is 83.9 Å². The average molecular weight is 428 g/mol. The molecule has 1 N–H and O–H groups in total. The average Bonchev–Trinajstić information content (AvgIpc) is 2.84. The summed E-state index contributed by atoms with van der Waals surface area (Å²) in [4.78, 5) is 18.3. The molecule has 2 heterocycles. The van der Waals surface area contributed by atoms with Crippen molar-refractivity contribution in [1.82, 2.24) is 0 Å². The molecule has 2 unspecified atom stereocenters. The summed E-state index contributed by atoms with van der Waals surface area (Å²) in [6, 6.07) is 24.7. The number of ether oxygens (including phenoxy) is 1. The SMILES string of the molecule is COc1ccc2c(c1)N1CCN(c3ccc(C)cc3)CC1C(C(=O)Nc1ccccc1)C2. The number of rotatable bonds is 4. The van der Waals surface area contributed by atoms with E-state index in [0.717, 1.165) is 37.5 Å². The third-order valence-corrected chi connectivity index (χ3v) is 6.70. The number of carbonyl (C=O) groups excluding carboxylic acids is 1. The van der Waals surface area contributed by atoms with Crippen molar-refractivity contribution < 1.29 is 9.53 Å². The normalized spacial score (nSPS) is 19.7.